The highest BCUT2D eigenvalue weighted by Gasteiger charge is 2.57. The molecule has 1 saturated heterocycles. The van der Waals surface area contributed by atoms with Gasteiger partial charge in [-0.1, -0.05) is 74.5 Å². The van der Waals surface area contributed by atoms with E-state index in [0.29, 0.717) is 11.2 Å². The minimum Gasteiger partial charge on any atom is -0.463 e. The quantitative estimate of drug-likeness (QED) is 0.0177. The number of rotatable bonds is 29. The molecular weight excluding hydrogens is 1010 g/mol. The lowest BCUT2D eigenvalue weighted by Crippen LogP contribution is -2.60. The zero-order valence-electron chi connectivity index (χ0n) is 45.1. The smallest absolute Gasteiger partial charge is 0.463 e. The molecule has 1 aliphatic rings. The predicted molar refractivity (Wildman–Crippen MR) is 283 cm³/mol. The first-order valence-corrected chi connectivity index (χ1v) is 34.8. The fraction of sp³-hybridized carbons (Fsp3) is 0.592. The lowest BCUT2D eigenvalue weighted by Gasteiger charge is -2.41. The van der Waals surface area contributed by atoms with Gasteiger partial charge in [0.15, 0.2) is 39.8 Å². The number of aromatic nitrogens is 4. The van der Waals surface area contributed by atoms with E-state index in [-0.39, 0.29) is 62.8 Å². The normalized spacial score (nSPS) is 18.2. The standard InChI is InChI=1S/C49H77N6O14PSi3/c1-33(2)47(58)53-45-41-46(51-31-50-45)54(32-52-41)48-44(65-49(61-28-26-59-36(7)56)62-29-27-60-37(8)57)43(66-70(9)55(34(3)4)35(5)6)40(64-48)30-63-73(68-71(10,11)12,69-72(13,14)15)67-42(38-22-18-16-19-23-38)39-24-20-17-21-25-39/h16-25,31-35,40,42-44,48-49H,26-30H2,1-15H3,(H,50,51,53,58)/t40-,43?,44+,48-,70?/m1/s1. The maximum Gasteiger partial charge on any atom is 0.659 e. The molecule has 1 fully saturated rings. The number of carbonyl (C=O) groups excluding carboxylic acids is 3. The van der Waals surface area contributed by atoms with E-state index in [4.69, 9.17) is 55.0 Å². The monoisotopic (exact) mass is 1090 g/mol. The summed E-state index contributed by atoms with van der Waals surface area (Å²) in [6.45, 7) is 26.9. The van der Waals surface area contributed by atoms with E-state index in [0.717, 1.165) is 11.1 Å². The summed E-state index contributed by atoms with van der Waals surface area (Å²) in [4.78, 5) is 50.2. The van der Waals surface area contributed by atoms with Crippen LogP contribution >= 0.6 is 8.30 Å². The van der Waals surface area contributed by atoms with Gasteiger partial charge in [0.05, 0.1) is 26.1 Å². The SMILES string of the molecule is CC(=O)OCCOC(OCCOC(C)=O)O[C@H]1C(OP(C)N(C(C)C)C(C)C)[C@@H](CO[Si](OC(c2ccccc2)c2ccccc2)(O[Si](C)(C)C)O[Si](C)(C)C)O[C@H]1n1cnc2c(NC(=O)C(C)C)ncnc21. The predicted octanol–water partition coefficient (Wildman–Crippen LogP) is 8.55. The first-order valence-electron chi connectivity index (χ1n) is 24.7. The Labute approximate surface area is 435 Å². The molecule has 2 aromatic carbocycles. The van der Waals surface area contributed by atoms with Crippen molar-refractivity contribution in [3.63, 3.8) is 0 Å². The molecule has 4 aromatic rings. The summed E-state index contributed by atoms with van der Waals surface area (Å²) < 4.78 is 76.7. The highest BCUT2D eigenvalue weighted by Crippen LogP contribution is 2.48. The maximum absolute atomic E-state index is 13.0. The Morgan fingerprint density at radius 2 is 1.29 bits per heavy atom. The van der Waals surface area contributed by atoms with Crippen molar-refractivity contribution in [3.05, 3.63) is 84.4 Å². The van der Waals surface area contributed by atoms with Crippen LogP contribution < -0.4 is 5.32 Å². The van der Waals surface area contributed by atoms with Crippen molar-refractivity contribution in [2.75, 3.05) is 45.0 Å². The highest BCUT2D eigenvalue weighted by atomic mass is 31.2. The van der Waals surface area contributed by atoms with E-state index in [2.05, 4.69) is 86.9 Å². The van der Waals surface area contributed by atoms with Gasteiger partial charge in [0.2, 0.25) is 5.91 Å². The number of hydrogen-bond acceptors (Lipinski definition) is 18. The first kappa shape index (κ1) is 60.0. The van der Waals surface area contributed by atoms with Gasteiger partial charge in [0.1, 0.15) is 52.3 Å². The van der Waals surface area contributed by atoms with Crippen LogP contribution in [0.2, 0.25) is 39.3 Å². The number of amides is 1. The first-order chi connectivity index (χ1) is 34.4. The molecule has 1 N–H and O–H groups in total. The van der Waals surface area contributed by atoms with Crippen molar-refractivity contribution >= 4 is 68.8 Å². The number of hydrogen-bond donors (Lipinski definition) is 1. The van der Waals surface area contributed by atoms with Gasteiger partial charge in [0, 0.05) is 31.8 Å². The number of ether oxygens (including phenoxy) is 6. The van der Waals surface area contributed by atoms with E-state index in [1.807, 2.05) is 67.3 Å². The Hall–Kier alpha value is -3.92. The van der Waals surface area contributed by atoms with Crippen LogP contribution in [0.15, 0.2) is 73.3 Å². The number of imidazole rings is 1. The minimum atomic E-state index is -4.24. The van der Waals surface area contributed by atoms with Crippen molar-refractivity contribution in [1.29, 1.82) is 0 Å². The van der Waals surface area contributed by atoms with Crippen LogP contribution in [0.4, 0.5) is 5.82 Å². The van der Waals surface area contributed by atoms with E-state index in [1.165, 1.54) is 26.5 Å². The van der Waals surface area contributed by atoms with Crippen LogP contribution in [0, 0.1) is 5.92 Å². The second-order valence-corrected chi connectivity index (χ2v) is 33.4. The third-order valence-electron chi connectivity index (χ3n) is 10.6. The largest absolute Gasteiger partial charge is 0.659 e. The molecular formula is C49H77N6O14PSi3. The van der Waals surface area contributed by atoms with Crippen molar-refractivity contribution < 1.29 is 64.4 Å². The molecule has 404 valence electrons. The summed E-state index contributed by atoms with van der Waals surface area (Å²) in [5, 5.41) is 2.87. The topological polar surface area (TPSA) is 212 Å². The van der Waals surface area contributed by atoms with Crippen molar-refractivity contribution in [1.82, 2.24) is 24.2 Å². The molecule has 1 amide bonds. The van der Waals surface area contributed by atoms with Crippen molar-refractivity contribution in [3.8, 4) is 0 Å². The minimum absolute atomic E-state index is 0.0793. The van der Waals surface area contributed by atoms with Gasteiger partial charge in [0.25, 0.3) is 6.48 Å². The molecule has 0 aliphatic carbocycles. The van der Waals surface area contributed by atoms with Crippen molar-refractivity contribution in [2.45, 2.75) is 144 Å². The third kappa shape index (κ3) is 18.1. The van der Waals surface area contributed by atoms with E-state index < -0.39 is 83.0 Å². The van der Waals surface area contributed by atoms with Gasteiger partial charge in [-0.15, -0.1) is 0 Å². The lowest BCUT2D eigenvalue weighted by atomic mass is 10.0. The van der Waals surface area contributed by atoms with Gasteiger partial charge in [-0.2, -0.15) is 0 Å². The van der Waals surface area contributed by atoms with E-state index in [1.54, 1.807) is 18.4 Å². The Morgan fingerprint density at radius 1 is 0.753 bits per heavy atom. The molecule has 3 heterocycles. The van der Waals surface area contributed by atoms with Gasteiger partial charge >= 0.3 is 21.0 Å². The van der Waals surface area contributed by atoms with Crippen LogP contribution in [0.5, 0.6) is 0 Å². The molecule has 0 saturated carbocycles. The number of esters is 2. The number of anilines is 1. The summed E-state index contributed by atoms with van der Waals surface area (Å²) in [6.07, 6.45) is -1.87. The molecule has 20 nitrogen and oxygen atoms in total. The molecule has 0 spiro atoms. The molecule has 2 unspecified atom stereocenters. The van der Waals surface area contributed by atoms with Crippen LogP contribution in [0.25, 0.3) is 11.2 Å². The summed E-state index contributed by atoms with van der Waals surface area (Å²) >= 11 is 0. The molecule has 5 rings (SSSR count). The number of nitrogens with one attached hydrogen (secondary N) is 1. The van der Waals surface area contributed by atoms with Crippen molar-refractivity contribution in [2.24, 2.45) is 5.92 Å². The fourth-order valence-electron chi connectivity index (χ4n) is 7.95. The second kappa shape index (κ2) is 27.2. The van der Waals surface area contributed by atoms with E-state index >= 15 is 0 Å². The molecule has 1 aliphatic heterocycles. The molecule has 0 radical (unpaired) electrons. The summed E-state index contributed by atoms with van der Waals surface area (Å²) in [5.41, 5.74) is 2.37. The summed E-state index contributed by atoms with van der Waals surface area (Å²) in [7, 11) is -10.7. The van der Waals surface area contributed by atoms with Crippen LogP contribution in [-0.2, 0) is 64.4 Å². The van der Waals surface area contributed by atoms with Crippen LogP contribution in [0.1, 0.15) is 78.8 Å². The highest BCUT2D eigenvalue weighted by molar-refractivity contribution is 7.49. The zero-order valence-corrected chi connectivity index (χ0v) is 49.0. The average Bonchev–Trinajstić information content (AvgIpc) is 3.87. The van der Waals surface area contributed by atoms with Gasteiger partial charge < -0.3 is 55.3 Å². The average molecular weight is 1090 g/mol. The second-order valence-electron chi connectivity index (χ2n) is 20.2. The molecule has 5 atom stereocenters. The van der Waals surface area contributed by atoms with E-state index in [9.17, 15) is 14.4 Å². The van der Waals surface area contributed by atoms with Gasteiger partial charge in [-0.25, -0.2) is 15.0 Å². The number of carbonyl (C=O) groups is 3. The van der Waals surface area contributed by atoms with Crippen LogP contribution in [0.3, 0.4) is 0 Å². The van der Waals surface area contributed by atoms with Gasteiger partial charge in [-0.05, 0) is 84.8 Å². The summed E-state index contributed by atoms with van der Waals surface area (Å²) in [5.74, 6) is -1.38. The number of fused-ring (bicyclic) bond motifs is 1. The molecule has 0 bridgehead atoms. The third-order valence-corrected chi connectivity index (χ3v) is 20.7. The Kier molecular flexibility index (Phi) is 22.4. The number of nitrogens with zero attached hydrogens (tertiary/aromatic N) is 5. The van der Waals surface area contributed by atoms with Crippen LogP contribution in [-0.4, -0.2) is 144 Å². The Bertz CT molecular complexity index is 2280. The maximum atomic E-state index is 13.0. The molecule has 2 aromatic heterocycles. The fourth-order valence-corrected chi connectivity index (χ4v) is 18.4. The molecule has 24 heteroatoms. The Morgan fingerprint density at radius 3 is 1.77 bits per heavy atom. The Balaban J connectivity index is 1.69. The zero-order chi connectivity index (χ0) is 53.7. The lowest BCUT2D eigenvalue weighted by molar-refractivity contribution is -0.319. The molecule has 73 heavy (non-hydrogen) atoms. The van der Waals surface area contributed by atoms with Gasteiger partial charge in [-0.3, -0.25) is 23.6 Å². The number of benzene rings is 2. The summed E-state index contributed by atoms with van der Waals surface area (Å²) in [6, 6.07) is 20.0.